The zero-order chi connectivity index (χ0) is 31.6. The molecule has 4 heterocycles. The summed E-state index contributed by atoms with van der Waals surface area (Å²) in [7, 11) is 0. The van der Waals surface area contributed by atoms with Crippen LogP contribution < -0.4 is 15.8 Å². The number of piperazine rings is 1. The van der Waals surface area contributed by atoms with Gasteiger partial charge in [0.1, 0.15) is 5.82 Å². The smallest absolute Gasteiger partial charge is 0.261 e. The second kappa shape index (κ2) is 13.9. The quantitative estimate of drug-likeness (QED) is 0.354. The molecule has 6 rings (SSSR count). The van der Waals surface area contributed by atoms with Gasteiger partial charge in [0.2, 0.25) is 0 Å². The van der Waals surface area contributed by atoms with E-state index in [0.717, 1.165) is 100 Å². The summed E-state index contributed by atoms with van der Waals surface area (Å²) < 4.78 is 8.65. The number of benzene rings is 2. The molecule has 0 amide bonds. The molecule has 0 bridgehead atoms. The van der Waals surface area contributed by atoms with E-state index in [1.807, 2.05) is 4.57 Å². The third-order valence-corrected chi connectivity index (χ3v) is 10.3. The summed E-state index contributed by atoms with van der Waals surface area (Å²) >= 11 is 0. The number of likely N-dealkylation sites (tertiary alicyclic amines) is 1. The van der Waals surface area contributed by atoms with Crippen LogP contribution in [0.25, 0.3) is 10.9 Å². The van der Waals surface area contributed by atoms with Crippen molar-refractivity contribution in [2.24, 2.45) is 0 Å². The molecule has 3 aromatic rings. The molecule has 1 aromatic heterocycles. The minimum atomic E-state index is -0.146. The topological polar surface area (TPSA) is 65.9 Å². The van der Waals surface area contributed by atoms with Gasteiger partial charge in [-0.2, -0.15) is 0 Å². The van der Waals surface area contributed by atoms with E-state index < -0.39 is 0 Å². The SMILES string of the molecule is CCC[C@H](c1nc2ccc(N3C[C@@H](C)OC4(CCN(CCc5ccccc5)CC4)C3)cc2c(=O)n1CC)N1C[C@@H](C)N[C@@H](C)C1. The Kier molecular flexibility index (Phi) is 9.95. The molecule has 4 atom stereocenters. The lowest BCUT2D eigenvalue weighted by Crippen LogP contribution is -2.59. The van der Waals surface area contributed by atoms with E-state index in [-0.39, 0.29) is 23.3 Å². The minimum Gasteiger partial charge on any atom is -0.368 e. The molecule has 1 spiro atoms. The Balaban J connectivity index is 1.21. The van der Waals surface area contributed by atoms with Crippen molar-refractivity contribution >= 4 is 16.6 Å². The molecule has 8 nitrogen and oxygen atoms in total. The summed E-state index contributed by atoms with van der Waals surface area (Å²) in [5.41, 5.74) is 3.25. The molecular weight excluding hydrogens is 560 g/mol. The summed E-state index contributed by atoms with van der Waals surface area (Å²) in [6.07, 6.45) is 5.34. The van der Waals surface area contributed by atoms with Gasteiger partial charge >= 0.3 is 0 Å². The van der Waals surface area contributed by atoms with E-state index in [0.29, 0.717) is 18.6 Å². The number of morpholine rings is 1. The van der Waals surface area contributed by atoms with Gasteiger partial charge in [0.15, 0.2) is 0 Å². The number of aromatic nitrogens is 2. The maximum Gasteiger partial charge on any atom is 0.261 e. The van der Waals surface area contributed by atoms with E-state index in [9.17, 15) is 4.79 Å². The standard InChI is InChI=1S/C37H54N6O2/c1-6-11-34(41-23-27(3)38-28(4)24-41)35-39-33-15-14-31(22-32(33)36(44)43(35)7-2)42-25-29(5)45-37(26-42)17-20-40(21-18-37)19-16-30-12-9-8-10-13-30/h8-10,12-15,22,27-29,34,38H,6-7,11,16-21,23-26H2,1-5H3/t27-,28+,29-,34-/m1/s1. The molecule has 3 saturated heterocycles. The second-order valence-electron chi connectivity index (χ2n) is 14.0. The third-order valence-electron chi connectivity index (χ3n) is 10.3. The molecule has 3 aliphatic heterocycles. The van der Waals surface area contributed by atoms with Crippen molar-refractivity contribution in [1.29, 1.82) is 0 Å². The fourth-order valence-corrected chi connectivity index (χ4v) is 8.17. The summed E-state index contributed by atoms with van der Waals surface area (Å²) in [4.78, 5) is 27.0. The van der Waals surface area contributed by atoms with Gasteiger partial charge in [0.25, 0.3) is 5.56 Å². The van der Waals surface area contributed by atoms with Gasteiger partial charge in [-0.1, -0.05) is 43.7 Å². The molecule has 0 radical (unpaired) electrons. The highest BCUT2D eigenvalue weighted by Gasteiger charge is 2.42. The van der Waals surface area contributed by atoms with Crippen molar-refractivity contribution in [2.75, 3.05) is 50.7 Å². The van der Waals surface area contributed by atoms with Crippen LogP contribution in [0.3, 0.4) is 0 Å². The first-order chi connectivity index (χ1) is 21.8. The first kappa shape index (κ1) is 32.2. The minimum absolute atomic E-state index is 0.0828. The van der Waals surface area contributed by atoms with E-state index in [4.69, 9.17) is 9.72 Å². The lowest BCUT2D eigenvalue weighted by Gasteiger charge is -2.50. The van der Waals surface area contributed by atoms with Crippen molar-refractivity contribution in [3.05, 3.63) is 70.3 Å². The molecule has 244 valence electrons. The highest BCUT2D eigenvalue weighted by Crippen LogP contribution is 2.35. The Labute approximate surface area is 269 Å². The summed E-state index contributed by atoms with van der Waals surface area (Å²) in [6, 6.07) is 18.1. The number of ether oxygens (including phenoxy) is 1. The van der Waals surface area contributed by atoms with Crippen LogP contribution in [-0.2, 0) is 17.7 Å². The Morgan fingerprint density at radius 1 is 1.00 bits per heavy atom. The number of piperidine rings is 1. The number of hydrogen-bond acceptors (Lipinski definition) is 7. The average molecular weight is 615 g/mol. The maximum absolute atomic E-state index is 14.1. The molecule has 8 heteroatoms. The fourth-order valence-electron chi connectivity index (χ4n) is 8.17. The van der Waals surface area contributed by atoms with Crippen molar-refractivity contribution in [3.8, 4) is 0 Å². The van der Waals surface area contributed by atoms with Gasteiger partial charge in [-0.15, -0.1) is 0 Å². The van der Waals surface area contributed by atoms with Crippen molar-refractivity contribution < 1.29 is 4.74 Å². The number of nitrogens with one attached hydrogen (secondary N) is 1. The zero-order valence-corrected chi connectivity index (χ0v) is 28.2. The first-order valence-electron chi connectivity index (χ1n) is 17.5. The van der Waals surface area contributed by atoms with Crippen molar-refractivity contribution in [1.82, 2.24) is 24.7 Å². The van der Waals surface area contributed by atoms with Crippen LogP contribution in [0.4, 0.5) is 5.69 Å². The number of fused-ring (bicyclic) bond motifs is 1. The van der Waals surface area contributed by atoms with Crippen LogP contribution in [0, 0.1) is 0 Å². The molecule has 1 N–H and O–H groups in total. The van der Waals surface area contributed by atoms with Gasteiger partial charge in [0.05, 0.1) is 28.6 Å². The molecule has 45 heavy (non-hydrogen) atoms. The number of rotatable bonds is 9. The zero-order valence-electron chi connectivity index (χ0n) is 28.2. The van der Waals surface area contributed by atoms with Gasteiger partial charge in [-0.25, -0.2) is 4.98 Å². The Bertz CT molecular complexity index is 1470. The van der Waals surface area contributed by atoms with Gasteiger partial charge < -0.3 is 19.9 Å². The van der Waals surface area contributed by atoms with Crippen molar-refractivity contribution in [3.63, 3.8) is 0 Å². The van der Waals surface area contributed by atoms with Crippen LogP contribution in [0.5, 0.6) is 0 Å². The van der Waals surface area contributed by atoms with Crippen LogP contribution in [-0.4, -0.2) is 89.0 Å². The van der Waals surface area contributed by atoms with Crippen LogP contribution in [0.1, 0.15) is 77.7 Å². The maximum atomic E-state index is 14.1. The normalized spacial score (nSPS) is 25.2. The number of hydrogen-bond donors (Lipinski definition) is 1. The largest absolute Gasteiger partial charge is 0.368 e. The van der Waals surface area contributed by atoms with Crippen LogP contribution in [0.2, 0.25) is 0 Å². The van der Waals surface area contributed by atoms with Gasteiger partial charge in [-0.05, 0) is 77.1 Å². The lowest BCUT2D eigenvalue weighted by atomic mass is 9.88. The number of anilines is 1. The Morgan fingerprint density at radius 3 is 2.42 bits per heavy atom. The van der Waals surface area contributed by atoms with E-state index in [1.165, 1.54) is 5.56 Å². The molecule has 0 saturated carbocycles. The molecular formula is C37H54N6O2. The average Bonchev–Trinajstić information content (AvgIpc) is 3.03. The lowest BCUT2D eigenvalue weighted by molar-refractivity contribution is -0.126. The molecule has 2 aromatic carbocycles. The predicted molar refractivity (Wildman–Crippen MR) is 184 cm³/mol. The third kappa shape index (κ3) is 7.14. The highest BCUT2D eigenvalue weighted by atomic mass is 16.5. The van der Waals surface area contributed by atoms with Crippen LogP contribution in [0.15, 0.2) is 53.3 Å². The number of nitrogens with zero attached hydrogens (tertiary/aromatic N) is 5. The van der Waals surface area contributed by atoms with Crippen molar-refractivity contribution in [2.45, 2.75) is 103 Å². The fraction of sp³-hybridized carbons (Fsp3) is 0.622. The van der Waals surface area contributed by atoms with E-state index in [2.05, 4.69) is 103 Å². The van der Waals surface area contributed by atoms with E-state index >= 15 is 0 Å². The summed E-state index contributed by atoms with van der Waals surface area (Å²) in [6.45, 7) is 18.5. The van der Waals surface area contributed by atoms with Gasteiger partial charge in [-0.3, -0.25) is 14.3 Å². The van der Waals surface area contributed by atoms with Crippen LogP contribution >= 0.6 is 0 Å². The molecule has 3 aliphatic rings. The molecule has 0 aliphatic carbocycles. The Hall–Kier alpha value is -2.78. The molecule has 3 fully saturated rings. The van der Waals surface area contributed by atoms with Gasteiger partial charge in [0, 0.05) is 70.1 Å². The predicted octanol–water partition coefficient (Wildman–Crippen LogP) is 5.24. The van der Waals surface area contributed by atoms with E-state index in [1.54, 1.807) is 0 Å². The Morgan fingerprint density at radius 2 is 1.73 bits per heavy atom. The second-order valence-corrected chi connectivity index (χ2v) is 14.0. The first-order valence-corrected chi connectivity index (χ1v) is 17.5. The highest BCUT2D eigenvalue weighted by molar-refractivity contribution is 5.82. The summed E-state index contributed by atoms with van der Waals surface area (Å²) in [5, 5.41) is 4.38. The monoisotopic (exact) mass is 614 g/mol. The molecule has 0 unspecified atom stereocenters. The summed E-state index contributed by atoms with van der Waals surface area (Å²) in [5.74, 6) is 0.920.